The van der Waals surface area contributed by atoms with E-state index in [1.807, 2.05) is 48.7 Å². The Balaban J connectivity index is 1.26. The van der Waals surface area contributed by atoms with Gasteiger partial charge in [0.05, 0.1) is 17.8 Å². The molecule has 2 heterocycles. The summed E-state index contributed by atoms with van der Waals surface area (Å²) in [6.45, 7) is 6.06. The van der Waals surface area contributed by atoms with Crippen molar-refractivity contribution in [1.82, 2.24) is 9.88 Å². The van der Waals surface area contributed by atoms with Crippen LogP contribution in [-0.4, -0.2) is 42.0 Å². The number of halogens is 1. The number of nitrogens with one attached hydrogen (secondary N) is 1. The predicted octanol–water partition coefficient (Wildman–Crippen LogP) is 4.09. The smallest absolute Gasteiger partial charge is 0.231 e. The number of thiazole rings is 1. The van der Waals surface area contributed by atoms with Crippen molar-refractivity contribution in [3.63, 3.8) is 0 Å². The zero-order valence-electron chi connectivity index (χ0n) is 17.0. The van der Waals surface area contributed by atoms with E-state index in [0.717, 1.165) is 54.7 Å². The van der Waals surface area contributed by atoms with E-state index in [1.165, 1.54) is 17.4 Å². The quantitative estimate of drug-likeness (QED) is 0.647. The molecule has 7 heteroatoms. The number of hydrogen-bond acceptors (Lipinski definition) is 5. The van der Waals surface area contributed by atoms with Gasteiger partial charge in [0.1, 0.15) is 10.8 Å². The number of nitrogens with zero attached hydrogens (tertiary/aromatic N) is 3. The summed E-state index contributed by atoms with van der Waals surface area (Å²) in [6, 6.07) is 14.7. The first-order valence-corrected chi connectivity index (χ1v) is 11.0. The molecule has 0 atom stereocenters. The van der Waals surface area contributed by atoms with E-state index in [-0.39, 0.29) is 18.1 Å². The van der Waals surface area contributed by atoms with Crippen LogP contribution >= 0.6 is 11.3 Å². The Morgan fingerprint density at radius 2 is 1.83 bits per heavy atom. The van der Waals surface area contributed by atoms with Gasteiger partial charge in [0.15, 0.2) is 0 Å². The van der Waals surface area contributed by atoms with Crippen LogP contribution in [0.5, 0.6) is 0 Å². The molecule has 0 bridgehead atoms. The zero-order valence-corrected chi connectivity index (χ0v) is 17.8. The number of carbonyl (C=O) groups excluding carboxylic acids is 1. The molecule has 1 amide bonds. The minimum atomic E-state index is -0.168. The van der Waals surface area contributed by atoms with Gasteiger partial charge >= 0.3 is 0 Å². The second-order valence-electron chi connectivity index (χ2n) is 7.54. The van der Waals surface area contributed by atoms with Crippen LogP contribution in [0.4, 0.5) is 15.8 Å². The van der Waals surface area contributed by atoms with E-state index in [1.54, 1.807) is 6.07 Å². The summed E-state index contributed by atoms with van der Waals surface area (Å²) < 4.78 is 14.0. The Labute approximate surface area is 180 Å². The van der Waals surface area contributed by atoms with Crippen LogP contribution in [0.15, 0.2) is 53.9 Å². The molecule has 1 N–H and O–H groups in total. The fourth-order valence-corrected chi connectivity index (χ4v) is 4.35. The second-order valence-corrected chi connectivity index (χ2v) is 8.48. The largest absolute Gasteiger partial charge is 0.367 e. The molecule has 0 saturated carbocycles. The van der Waals surface area contributed by atoms with Crippen molar-refractivity contribution in [3.05, 3.63) is 76.0 Å². The summed E-state index contributed by atoms with van der Waals surface area (Å²) in [5, 5.41) is 5.76. The van der Waals surface area contributed by atoms with E-state index in [9.17, 15) is 9.18 Å². The Morgan fingerprint density at radius 1 is 1.10 bits per heavy atom. The van der Waals surface area contributed by atoms with Gasteiger partial charge in [-0.05, 0) is 31.2 Å². The first kappa shape index (κ1) is 20.5. The van der Waals surface area contributed by atoms with Gasteiger partial charge in [0.25, 0.3) is 0 Å². The maximum Gasteiger partial charge on any atom is 0.231 e. The van der Waals surface area contributed by atoms with Crippen LogP contribution in [0, 0.1) is 12.7 Å². The summed E-state index contributed by atoms with van der Waals surface area (Å²) in [6.07, 6.45) is 0.277. The molecule has 4 rings (SSSR count). The highest BCUT2D eigenvalue weighted by atomic mass is 32.1. The topological polar surface area (TPSA) is 48.5 Å². The summed E-state index contributed by atoms with van der Waals surface area (Å²) in [5.41, 5.74) is 3.62. The van der Waals surface area contributed by atoms with Gasteiger partial charge in [-0.25, -0.2) is 9.37 Å². The molecule has 1 fully saturated rings. The van der Waals surface area contributed by atoms with Gasteiger partial charge < -0.3 is 10.2 Å². The Morgan fingerprint density at radius 3 is 2.57 bits per heavy atom. The number of para-hydroxylation sites is 1. The predicted molar refractivity (Wildman–Crippen MR) is 120 cm³/mol. The molecule has 30 heavy (non-hydrogen) atoms. The number of carbonyl (C=O) groups is 1. The monoisotopic (exact) mass is 424 g/mol. The maximum atomic E-state index is 14.0. The number of rotatable bonds is 6. The van der Waals surface area contributed by atoms with E-state index in [2.05, 4.69) is 20.1 Å². The number of anilines is 2. The van der Waals surface area contributed by atoms with Gasteiger partial charge in [-0.15, -0.1) is 11.3 Å². The van der Waals surface area contributed by atoms with Crippen LogP contribution in [0.3, 0.4) is 0 Å². The molecule has 1 aromatic heterocycles. The fraction of sp³-hybridized carbons (Fsp3) is 0.304. The normalized spacial score (nSPS) is 14.7. The number of piperazine rings is 1. The molecule has 2 aromatic carbocycles. The first-order chi connectivity index (χ1) is 14.6. The van der Waals surface area contributed by atoms with Crippen LogP contribution in [0.1, 0.15) is 16.3 Å². The lowest BCUT2D eigenvalue weighted by Gasteiger charge is -2.35. The molecule has 0 unspecified atom stereocenters. The fourth-order valence-electron chi connectivity index (χ4n) is 3.57. The average Bonchev–Trinajstić information content (AvgIpc) is 3.17. The van der Waals surface area contributed by atoms with Crippen molar-refractivity contribution in [2.45, 2.75) is 19.9 Å². The van der Waals surface area contributed by atoms with Gasteiger partial charge in [-0.1, -0.05) is 29.8 Å². The molecular weight excluding hydrogens is 399 g/mol. The third-order valence-electron chi connectivity index (χ3n) is 5.20. The highest BCUT2D eigenvalue weighted by molar-refractivity contribution is 7.09. The standard InChI is InChI=1S/C23H25FN4OS/c1-17-6-8-18(9-7-17)25-22(29)14-23-26-19(16-30-23)15-27-10-12-28(13-11-27)21-5-3-2-4-20(21)24/h2-9,16H,10-15H2,1H3,(H,25,29). The lowest BCUT2D eigenvalue weighted by Crippen LogP contribution is -2.46. The zero-order chi connectivity index (χ0) is 20.9. The molecule has 0 spiro atoms. The van der Waals surface area contributed by atoms with Crippen molar-refractivity contribution < 1.29 is 9.18 Å². The van der Waals surface area contributed by atoms with Crippen molar-refractivity contribution in [3.8, 4) is 0 Å². The molecule has 0 aliphatic carbocycles. The van der Waals surface area contributed by atoms with Crippen molar-refractivity contribution in [2.24, 2.45) is 0 Å². The lowest BCUT2D eigenvalue weighted by atomic mass is 10.2. The minimum absolute atomic E-state index is 0.0572. The Kier molecular flexibility index (Phi) is 6.40. The lowest BCUT2D eigenvalue weighted by molar-refractivity contribution is -0.115. The highest BCUT2D eigenvalue weighted by Gasteiger charge is 2.20. The van der Waals surface area contributed by atoms with Crippen molar-refractivity contribution >= 4 is 28.6 Å². The molecule has 1 saturated heterocycles. The molecule has 0 radical (unpaired) electrons. The molecule has 5 nitrogen and oxygen atoms in total. The van der Waals surface area contributed by atoms with E-state index >= 15 is 0 Å². The van der Waals surface area contributed by atoms with Crippen LogP contribution in [0.2, 0.25) is 0 Å². The first-order valence-electron chi connectivity index (χ1n) is 10.1. The van der Waals surface area contributed by atoms with Gasteiger partial charge in [-0.2, -0.15) is 0 Å². The number of aryl methyl sites for hydroxylation is 1. The van der Waals surface area contributed by atoms with E-state index in [0.29, 0.717) is 5.69 Å². The third kappa shape index (κ3) is 5.23. The highest BCUT2D eigenvalue weighted by Crippen LogP contribution is 2.21. The number of amides is 1. The molecular formula is C23H25FN4OS. The van der Waals surface area contributed by atoms with Crippen LogP contribution in [0.25, 0.3) is 0 Å². The summed E-state index contributed by atoms with van der Waals surface area (Å²) in [7, 11) is 0. The van der Waals surface area contributed by atoms with Gasteiger partial charge in [0.2, 0.25) is 5.91 Å². The summed E-state index contributed by atoms with van der Waals surface area (Å²) >= 11 is 1.52. The minimum Gasteiger partial charge on any atom is -0.367 e. The third-order valence-corrected chi connectivity index (χ3v) is 6.10. The van der Waals surface area contributed by atoms with Crippen molar-refractivity contribution in [1.29, 1.82) is 0 Å². The molecule has 156 valence electrons. The van der Waals surface area contributed by atoms with Crippen LogP contribution in [-0.2, 0) is 17.8 Å². The summed E-state index contributed by atoms with van der Waals surface area (Å²) in [5.74, 6) is -0.225. The average molecular weight is 425 g/mol. The van der Waals surface area contributed by atoms with Gasteiger partial charge in [0, 0.05) is 43.8 Å². The van der Waals surface area contributed by atoms with Crippen LogP contribution < -0.4 is 10.2 Å². The van der Waals surface area contributed by atoms with Crippen molar-refractivity contribution in [2.75, 3.05) is 36.4 Å². The molecule has 1 aliphatic heterocycles. The van der Waals surface area contributed by atoms with E-state index in [4.69, 9.17) is 0 Å². The number of aromatic nitrogens is 1. The Hall–Kier alpha value is -2.77. The van der Waals surface area contributed by atoms with Gasteiger partial charge in [-0.3, -0.25) is 9.69 Å². The SMILES string of the molecule is Cc1ccc(NC(=O)Cc2nc(CN3CCN(c4ccccc4F)CC3)cs2)cc1. The molecule has 3 aromatic rings. The van der Waals surface area contributed by atoms with E-state index < -0.39 is 0 Å². The molecule has 1 aliphatic rings. The summed E-state index contributed by atoms with van der Waals surface area (Å²) in [4.78, 5) is 21.3. The number of benzene rings is 2. The Bertz CT molecular complexity index is 996. The maximum absolute atomic E-state index is 14.0. The number of hydrogen-bond donors (Lipinski definition) is 1. The second kappa shape index (κ2) is 9.36.